The van der Waals surface area contributed by atoms with E-state index in [9.17, 15) is 5.11 Å². The van der Waals surface area contributed by atoms with E-state index in [1.165, 1.54) is 6.42 Å². The van der Waals surface area contributed by atoms with Gasteiger partial charge in [0.15, 0.2) is 0 Å². The Labute approximate surface area is 95.5 Å². The maximum absolute atomic E-state index is 9.42. The minimum atomic E-state index is 0.0871. The van der Waals surface area contributed by atoms with Crippen LogP contribution in [0.25, 0.3) is 0 Å². The molecule has 0 spiro atoms. The van der Waals surface area contributed by atoms with Crippen LogP contribution in [0.15, 0.2) is 0 Å². The van der Waals surface area contributed by atoms with Crippen molar-refractivity contribution in [2.45, 2.75) is 53.9 Å². The van der Waals surface area contributed by atoms with Crippen molar-refractivity contribution >= 4 is 0 Å². The van der Waals surface area contributed by atoms with Gasteiger partial charge in [0, 0.05) is 25.1 Å². The summed E-state index contributed by atoms with van der Waals surface area (Å²) in [6.45, 7) is 13.3. The molecule has 0 aromatic rings. The Morgan fingerprint density at radius 3 is 1.80 bits per heavy atom. The first-order valence-corrected chi connectivity index (χ1v) is 6.27. The molecule has 0 atom stereocenters. The summed E-state index contributed by atoms with van der Waals surface area (Å²) in [5.74, 6) is 0. The lowest BCUT2D eigenvalue weighted by molar-refractivity contribution is 0.109. The quantitative estimate of drug-likeness (QED) is 0.652. The van der Waals surface area contributed by atoms with E-state index < -0.39 is 0 Å². The lowest BCUT2D eigenvalue weighted by atomic mass is 9.82. The molecule has 0 rings (SSSR count). The third-order valence-corrected chi connectivity index (χ3v) is 3.90. The minimum absolute atomic E-state index is 0.0871. The Bertz CT molecular complexity index is 154. The fourth-order valence-electron chi connectivity index (χ4n) is 1.57. The van der Waals surface area contributed by atoms with Crippen LogP contribution in [0.4, 0.5) is 0 Å². The second-order valence-corrected chi connectivity index (χ2v) is 5.49. The second-order valence-electron chi connectivity index (χ2n) is 5.49. The summed E-state index contributed by atoms with van der Waals surface area (Å²) >= 11 is 0. The zero-order valence-electron chi connectivity index (χ0n) is 11.2. The topological polar surface area (TPSA) is 32.3 Å². The van der Waals surface area contributed by atoms with Gasteiger partial charge in [-0.25, -0.2) is 0 Å². The molecule has 2 N–H and O–H groups in total. The normalized spacial score (nSPS) is 13.2. The molecule has 0 aromatic heterocycles. The van der Waals surface area contributed by atoms with Crippen LogP contribution >= 0.6 is 0 Å². The summed E-state index contributed by atoms with van der Waals surface area (Å²) in [7, 11) is 0. The first-order chi connectivity index (χ1) is 6.95. The Kier molecular flexibility index (Phi) is 6.46. The zero-order chi connectivity index (χ0) is 11.9. The van der Waals surface area contributed by atoms with Crippen molar-refractivity contribution in [3.63, 3.8) is 0 Å². The van der Waals surface area contributed by atoms with Crippen LogP contribution < -0.4 is 5.32 Å². The van der Waals surface area contributed by atoms with Crippen LogP contribution in [-0.2, 0) is 0 Å². The molecule has 2 nitrogen and oxygen atoms in total. The van der Waals surface area contributed by atoms with Crippen LogP contribution in [-0.4, -0.2) is 24.8 Å². The smallest absolute Gasteiger partial charge is 0.0499 e. The Balaban J connectivity index is 4.02. The van der Waals surface area contributed by atoms with Crippen LogP contribution in [0.1, 0.15) is 53.9 Å². The van der Waals surface area contributed by atoms with Gasteiger partial charge in [-0.15, -0.1) is 0 Å². The number of hydrogen-bond acceptors (Lipinski definition) is 2. The molecule has 0 saturated heterocycles. The fraction of sp³-hybridized carbons (Fsp3) is 1.00. The molecule has 0 aliphatic rings. The van der Waals surface area contributed by atoms with Crippen LogP contribution in [0.2, 0.25) is 0 Å². The summed E-state index contributed by atoms with van der Waals surface area (Å²) in [6, 6.07) is 0. The van der Waals surface area contributed by atoms with Gasteiger partial charge in [-0.3, -0.25) is 0 Å². The highest BCUT2D eigenvalue weighted by Crippen LogP contribution is 2.25. The Hall–Kier alpha value is -0.0800. The van der Waals surface area contributed by atoms with E-state index in [1.54, 1.807) is 0 Å². The molecule has 15 heavy (non-hydrogen) atoms. The van der Waals surface area contributed by atoms with Crippen molar-refractivity contribution in [1.29, 1.82) is 0 Å². The lowest BCUT2D eigenvalue weighted by Gasteiger charge is -2.32. The van der Waals surface area contributed by atoms with Crippen molar-refractivity contribution in [1.82, 2.24) is 5.32 Å². The van der Waals surface area contributed by atoms with Gasteiger partial charge < -0.3 is 10.4 Å². The third kappa shape index (κ3) is 4.98. The number of aliphatic hydroxyl groups excluding tert-OH is 1. The summed E-state index contributed by atoms with van der Waals surface area (Å²) in [5.41, 5.74) is 0.451. The molecule has 0 radical (unpaired) electrons. The second kappa shape index (κ2) is 6.49. The maximum Gasteiger partial charge on any atom is 0.0499 e. The van der Waals surface area contributed by atoms with Crippen molar-refractivity contribution in [2.24, 2.45) is 10.8 Å². The van der Waals surface area contributed by atoms with Gasteiger partial charge in [0.2, 0.25) is 0 Å². The first-order valence-electron chi connectivity index (χ1n) is 6.27. The molecule has 0 aliphatic heterocycles. The summed E-state index contributed by atoms with van der Waals surface area (Å²) < 4.78 is 0. The van der Waals surface area contributed by atoms with Gasteiger partial charge in [-0.1, -0.05) is 34.6 Å². The predicted octanol–water partition coefficient (Wildman–Crippen LogP) is 2.81. The summed E-state index contributed by atoms with van der Waals surface area (Å²) in [6.07, 6.45) is 3.27. The molecule has 0 aliphatic carbocycles. The van der Waals surface area contributed by atoms with Crippen molar-refractivity contribution < 1.29 is 5.11 Å². The maximum atomic E-state index is 9.42. The lowest BCUT2D eigenvalue weighted by Crippen LogP contribution is -2.40. The molecule has 2 heteroatoms. The molecular weight excluding hydrogens is 186 g/mol. The fourth-order valence-corrected chi connectivity index (χ4v) is 1.57. The molecule has 92 valence electrons. The minimum Gasteiger partial charge on any atom is -0.396 e. The van der Waals surface area contributed by atoms with Crippen LogP contribution in [0, 0.1) is 10.8 Å². The number of nitrogens with one attached hydrogen (secondary N) is 1. The molecule has 0 fully saturated rings. The van der Waals surface area contributed by atoms with E-state index in [1.807, 2.05) is 0 Å². The van der Waals surface area contributed by atoms with E-state index in [0.29, 0.717) is 12.0 Å². The number of hydrogen-bond donors (Lipinski definition) is 2. The van der Waals surface area contributed by atoms with Gasteiger partial charge in [-0.2, -0.15) is 0 Å². The van der Waals surface area contributed by atoms with Gasteiger partial charge in [0.25, 0.3) is 0 Å². The summed E-state index contributed by atoms with van der Waals surface area (Å²) in [4.78, 5) is 0. The first kappa shape index (κ1) is 14.9. The molecule has 0 bridgehead atoms. The zero-order valence-corrected chi connectivity index (χ0v) is 11.2. The third-order valence-electron chi connectivity index (χ3n) is 3.90. The van der Waals surface area contributed by atoms with Gasteiger partial charge in [0.1, 0.15) is 0 Å². The Morgan fingerprint density at radius 1 is 0.933 bits per heavy atom. The largest absolute Gasteiger partial charge is 0.396 e. The predicted molar refractivity (Wildman–Crippen MR) is 67.0 cm³/mol. The highest BCUT2D eigenvalue weighted by Gasteiger charge is 2.25. The van der Waals surface area contributed by atoms with Crippen molar-refractivity contribution in [3.05, 3.63) is 0 Å². The van der Waals surface area contributed by atoms with E-state index >= 15 is 0 Å². The molecule has 0 unspecified atom stereocenters. The van der Waals surface area contributed by atoms with E-state index in [-0.39, 0.29) is 5.41 Å². The van der Waals surface area contributed by atoms with Gasteiger partial charge >= 0.3 is 0 Å². The highest BCUT2D eigenvalue weighted by atomic mass is 16.3. The molecule has 0 amide bonds. The van der Waals surface area contributed by atoms with Crippen molar-refractivity contribution in [3.8, 4) is 0 Å². The van der Waals surface area contributed by atoms with Crippen LogP contribution in [0.5, 0.6) is 0 Å². The molecular formula is C13H29NO. The van der Waals surface area contributed by atoms with Crippen molar-refractivity contribution in [2.75, 3.05) is 19.7 Å². The SMILES string of the molecule is CCC(C)(C)CNCC(CC)(CC)CO. The highest BCUT2D eigenvalue weighted by molar-refractivity contribution is 4.80. The number of rotatable bonds is 8. The Morgan fingerprint density at radius 2 is 1.47 bits per heavy atom. The van der Waals surface area contributed by atoms with Gasteiger partial charge in [-0.05, 0) is 24.7 Å². The van der Waals surface area contributed by atoms with E-state index in [2.05, 4.69) is 39.9 Å². The molecule has 0 heterocycles. The average molecular weight is 215 g/mol. The number of aliphatic hydroxyl groups is 1. The molecule has 0 aromatic carbocycles. The molecule has 0 saturated carbocycles. The van der Waals surface area contributed by atoms with E-state index in [0.717, 1.165) is 25.9 Å². The summed E-state index contributed by atoms with van der Waals surface area (Å²) in [5, 5.41) is 12.9. The average Bonchev–Trinajstić information content (AvgIpc) is 2.25. The van der Waals surface area contributed by atoms with Gasteiger partial charge in [0.05, 0.1) is 0 Å². The monoisotopic (exact) mass is 215 g/mol. The standard InChI is InChI=1S/C13H29NO/c1-6-12(4,5)9-14-10-13(7-2,8-3)11-15/h14-15H,6-11H2,1-5H3. The van der Waals surface area contributed by atoms with E-state index in [4.69, 9.17) is 0 Å². The van der Waals surface area contributed by atoms with Crippen LogP contribution in [0.3, 0.4) is 0 Å².